The van der Waals surface area contributed by atoms with Crippen LogP contribution in [-0.2, 0) is 4.74 Å². The van der Waals surface area contributed by atoms with E-state index in [1.165, 1.54) is 18.2 Å². The number of nitrogens with zero attached hydrogens (tertiary/aromatic N) is 3. The van der Waals surface area contributed by atoms with E-state index in [0.29, 0.717) is 36.7 Å². The molecule has 0 radical (unpaired) electrons. The van der Waals surface area contributed by atoms with Gasteiger partial charge in [-0.3, -0.25) is 4.79 Å². The van der Waals surface area contributed by atoms with Gasteiger partial charge in [-0.1, -0.05) is 13.0 Å². The highest BCUT2D eigenvalue weighted by Crippen LogP contribution is 2.41. The number of anilines is 4. The fourth-order valence-electron chi connectivity index (χ4n) is 4.53. The first kappa shape index (κ1) is 23.9. The minimum absolute atomic E-state index is 0.256. The van der Waals surface area contributed by atoms with Crippen molar-refractivity contribution in [1.82, 2.24) is 4.98 Å². The van der Waals surface area contributed by atoms with E-state index in [2.05, 4.69) is 19.9 Å². The first-order valence-corrected chi connectivity index (χ1v) is 11.7. The number of amides is 1. The summed E-state index contributed by atoms with van der Waals surface area (Å²) in [5.41, 5.74) is 3.72. The third kappa shape index (κ3) is 4.94. The maximum Gasteiger partial charge on any atom is 0.573 e. The molecule has 0 spiro atoms. The van der Waals surface area contributed by atoms with Crippen LogP contribution in [0.4, 0.5) is 36.1 Å². The SMILES string of the molecule is CCCN1c2ccc(OC(F)(F)F)cc2NC(=O)c2cc(-c3ccnc(N4CCOCC4)c3)ccc21. The van der Waals surface area contributed by atoms with Crippen molar-refractivity contribution >= 4 is 28.8 Å². The van der Waals surface area contributed by atoms with Gasteiger partial charge >= 0.3 is 6.36 Å². The summed E-state index contributed by atoms with van der Waals surface area (Å²) in [6.45, 7) is 5.38. The minimum Gasteiger partial charge on any atom is -0.406 e. The molecule has 0 bridgehead atoms. The molecule has 2 aromatic carbocycles. The predicted octanol–water partition coefficient (Wildman–Crippen LogP) is 5.60. The molecule has 3 aromatic rings. The van der Waals surface area contributed by atoms with E-state index in [1.807, 2.05) is 42.2 Å². The molecule has 5 rings (SSSR count). The van der Waals surface area contributed by atoms with Gasteiger partial charge in [-0.2, -0.15) is 0 Å². The molecule has 3 heterocycles. The highest BCUT2D eigenvalue weighted by molar-refractivity contribution is 6.13. The number of morpholine rings is 1. The Balaban J connectivity index is 1.52. The second-order valence-corrected chi connectivity index (χ2v) is 8.57. The Labute approximate surface area is 206 Å². The fraction of sp³-hybridized carbons (Fsp3) is 0.308. The van der Waals surface area contributed by atoms with E-state index in [9.17, 15) is 18.0 Å². The van der Waals surface area contributed by atoms with Crippen LogP contribution >= 0.6 is 0 Å². The van der Waals surface area contributed by atoms with Gasteiger partial charge < -0.3 is 24.6 Å². The molecule has 0 atom stereocenters. The first-order valence-electron chi connectivity index (χ1n) is 11.7. The largest absolute Gasteiger partial charge is 0.573 e. The lowest BCUT2D eigenvalue weighted by Gasteiger charge is -2.28. The second kappa shape index (κ2) is 9.69. The number of alkyl halides is 3. The van der Waals surface area contributed by atoms with Crippen LogP contribution in [0.15, 0.2) is 54.7 Å². The highest BCUT2D eigenvalue weighted by atomic mass is 19.4. The van der Waals surface area contributed by atoms with E-state index in [1.54, 1.807) is 6.20 Å². The van der Waals surface area contributed by atoms with Gasteiger partial charge in [0.15, 0.2) is 0 Å². The fourth-order valence-corrected chi connectivity index (χ4v) is 4.53. The molecule has 7 nitrogen and oxygen atoms in total. The summed E-state index contributed by atoms with van der Waals surface area (Å²) in [6, 6.07) is 13.5. The Kier molecular flexibility index (Phi) is 6.44. The van der Waals surface area contributed by atoms with Gasteiger partial charge in [-0.05, 0) is 53.9 Å². The molecule has 0 saturated carbocycles. The molecule has 1 amide bonds. The third-order valence-corrected chi connectivity index (χ3v) is 6.13. The summed E-state index contributed by atoms with van der Waals surface area (Å²) >= 11 is 0. The lowest BCUT2D eigenvalue weighted by atomic mass is 10.0. The number of hydrogen-bond acceptors (Lipinski definition) is 6. The van der Waals surface area contributed by atoms with E-state index < -0.39 is 18.0 Å². The van der Waals surface area contributed by atoms with Crippen LogP contribution in [-0.4, -0.2) is 50.1 Å². The van der Waals surface area contributed by atoms with Gasteiger partial charge in [0.05, 0.1) is 35.8 Å². The Morgan fingerprint density at radius 1 is 1.03 bits per heavy atom. The van der Waals surface area contributed by atoms with Crippen LogP contribution < -0.4 is 19.9 Å². The lowest BCUT2D eigenvalue weighted by molar-refractivity contribution is -0.274. The molecule has 2 aliphatic rings. The second-order valence-electron chi connectivity index (χ2n) is 8.57. The molecule has 0 unspecified atom stereocenters. The number of fused-ring (bicyclic) bond motifs is 2. The number of pyridine rings is 1. The van der Waals surface area contributed by atoms with Crippen molar-refractivity contribution in [1.29, 1.82) is 0 Å². The highest BCUT2D eigenvalue weighted by Gasteiger charge is 2.32. The smallest absolute Gasteiger partial charge is 0.406 e. The quantitative estimate of drug-likeness (QED) is 0.494. The molecule has 188 valence electrons. The van der Waals surface area contributed by atoms with Crippen molar-refractivity contribution in [2.24, 2.45) is 0 Å². The van der Waals surface area contributed by atoms with Crippen molar-refractivity contribution in [2.75, 3.05) is 48.0 Å². The Bertz CT molecular complexity index is 1280. The zero-order chi connectivity index (χ0) is 25.3. The standard InChI is InChI=1S/C26H25F3N4O3/c1-2-9-33-22-5-3-17(18-7-8-30-24(15-18)32-10-12-35-13-11-32)14-20(22)25(34)31-21-16-19(4-6-23(21)33)36-26(27,28)29/h3-8,14-16H,2,9-13H2,1H3,(H,31,34). The van der Waals surface area contributed by atoms with Crippen LogP contribution in [0.3, 0.4) is 0 Å². The summed E-state index contributed by atoms with van der Waals surface area (Å²) in [6.07, 6.45) is -2.31. The Morgan fingerprint density at radius 3 is 2.53 bits per heavy atom. The molecule has 36 heavy (non-hydrogen) atoms. The molecule has 1 saturated heterocycles. The normalized spacial score (nSPS) is 15.6. The topological polar surface area (TPSA) is 66.9 Å². The van der Waals surface area contributed by atoms with E-state index >= 15 is 0 Å². The molecule has 2 aliphatic heterocycles. The molecule has 0 aliphatic carbocycles. The summed E-state index contributed by atoms with van der Waals surface area (Å²) in [5, 5.41) is 2.77. The summed E-state index contributed by atoms with van der Waals surface area (Å²) < 4.78 is 47.8. The van der Waals surface area contributed by atoms with Crippen LogP contribution in [0.2, 0.25) is 0 Å². The number of hydrogen-bond donors (Lipinski definition) is 1. The average molecular weight is 499 g/mol. The number of nitrogens with one attached hydrogen (secondary N) is 1. The number of benzene rings is 2. The molecule has 1 N–H and O–H groups in total. The summed E-state index contributed by atoms with van der Waals surface area (Å²) in [4.78, 5) is 21.9. The zero-order valence-corrected chi connectivity index (χ0v) is 19.6. The van der Waals surface area contributed by atoms with Gasteiger partial charge in [-0.15, -0.1) is 13.2 Å². The van der Waals surface area contributed by atoms with Crippen molar-refractivity contribution in [2.45, 2.75) is 19.7 Å². The monoisotopic (exact) mass is 498 g/mol. The summed E-state index contributed by atoms with van der Waals surface area (Å²) in [5.74, 6) is 0.0443. The predicted molar refractivity (Wildman–Crippen MR) is 131 cm³/mol. The molecule has 1 fully saturated rings. The van der Waals surface area contributed by atoms with Crippen LogP contribution in [0.25, 0.3) is 11.1 Å². The van der Waals surface area contributed by atoms with Crippen molar-refractivity contribution in [3.63, 3.8) is 0 Å². The van der Waals surface area contributed by atoms with Crippen LogP contribution in [0.5, 0.6) is 5.75 Å². The van der Waals surface area contributed by atoms with E-state index in [0.717, 1.165) is 36.5 Å². The number of carbonyl (C=O) groups is 1. The molecule has 10 heteroatoms. The molecule has 1 aromatic heterocycles. The van der Waals surface area contributed by atoms with Crippen molar-refractivity contribution in [3.8, 4) is 16.9 Å². The number of aromatic nitrogens is 1. The minimum atomic E-state index is -4.82. The van der Waals surface area contributed by atoms with Gasteiger partial charge in [0.25, 0.3) is 5.91 Å². The number of carbonyl (C=O) groups excluding carboxylic acids is 1. The molecular weight excluding hydrogens is 473 g/mol. The van der Waals surface area contributed by atoms with Crippen LogP contribution in [0, 0.1) is 0 Å². The van der Waals surface area contributed by atoms with E-state index in [4.69, 9.17) is 4.74 Å². The third-order valence-electron chi connectivity index (χ3n) is 6.13. The average Bonchev–Trinajstić information content (AvgIpc) is 2.98. The van der Waals surface area contributed by atoms with Gasteiger partial charge in [0, 0.05) is 31.9 Å². The number of ether oxygens (including phenoxy) is 2. The Hall–Kier alpha value is -3.79. The Morgan fingerprint density at radius 2 is 1.78 bits per heavy atom. The van der Waals surface area contributed by atoms with Crippen molar-refractivity contribution in [3.05, 3.63) is 60.3 Å². The maximum atomic E-state index is 13.3. The van der Waals surface area contributed by atoms with Crippen molar-refractivity contribution < 1.29 is 27.4 Å². The molecular formula is C26H25F3N4O3. The van der Waals surface area contributed by atoms with Gasteiger partial charge in [0.1, 0.15) is 11.6 Å². The number of halogens is 3. The maximum absolute atomic E-state index is 13.3. The van der Waals surface area contributed by atoms with Gasteiger partial charge in [0.2, 0.25) is 0 Å². The first-order chi connectivity index (χ1) is 17.3. The number of rotatable bonds is 5. The zero-order valence-electron chi connectivity index (χ0n) is 19.6. The van der Waals surface area contributed by atoms with Crippen LogP contribution in [0.1, 0.15) is 23.7 Å². The van der Waals surface area contributed by atoms with Gasteiger partial charge in [-0.25, -0.2) is 4.98 Å². The lowest BCUT2D eigenvalue weighted by Crippen LogP contribution is -2.36. The van der Waals surface area contributed by atoms with E-state index in [-0.39, 0.29) is 5.69 Å². The summed E-state index contributed by atoms with van der Waals surface area (Å²) in [7, 11) is 0.